The van der Waals surface area contributed by atoms with Crippen LogP contribution in [0.2, 0.25) is 0 Å². The number of benzene rings is 2. The molecule has 0 bridgehead atoms. The van der Waals surface area contributed by atoms with Gasteiger partial charge in [-0.3, -0.25) is 0 Å². The Balaban J connectivity index is 2.42. The zero-order valence-electron chi connectivity index (χ0n) is 14.1. The van der Waals surface area contributed by atoms with Crippen LogP contribution >= 0.6 is 0 Å². The molecule has 0 heterocycles. The molecule has 7 nitrogen and oxygen atoms in total. The average molecular weight is 382 g/mol. The zero-order valence-corrected chi connectivity index (χ0v) is 14.9. The number of rotatable bonds is 8. The number of carbonyl (C=O) groups excluding carboxylic acids is 1. The molecule has 0 aliphatic rings. The van der Waals surface area contributed by atoms with Gasteiger partial charge in [0.25, 0.3) is 0 Å². The number of carboxylic acids is 1. The molecule has 0 radical (unpaired) electrons. The highest BCUT2D eigenvalue weighted by molar-refractivity contribution is 7.89. The van der Waals surface area contributed by atoms with E-state index in [1.54, 1.807) is 0 Å². The first kappa shape index (κ1) is 19.7. The van der Waals surface area contributed by atoms with Crippen molar-refractivity contribution < 1.29 is 32.2 Å². The first-order valence-corrected chi connectivity index (χ1v) is 8.95. The summed E-state index contributed by atoms with van der Waals surface area (Å²) in [4.78, 5) is 10.5. The third-order valence-electron chi connectivity index (χ3n) is 3.60. The summed E-state index contributed by atoms with van der Waals surface area (Å²) in [6.45, 7) is 0. The standard InChI is InChI=1S/C17H18FNO6S/c1-24-14-8-7-11(9-15(14)25-2)13(10-17(20)21)19-26(22,23)16-6-4-3-5-12(16)18/h3-9,13,19H,10H2,1-2H3,(H,20,21)/p-1/t13-/m1/s1. The maximum atomic E-state index is 13.8. The summed E-state index contributed by atoms with van der Waals surface area (Å²) in [6, 6.07) is 8.04. The van der Waals surface area contributed by atoms with E-state index in [4.69, 9.17) is 9.47 Å². The first-order chi connectivity index (χ1) is 12.3. The molecule has 2 rings (SSSR count). The van der Waals surface area contributed by atoms with Crippen LogP contribution in [0.3, 0.4) is 0 Å². The fraction of sp³-hybridized carbons (Fsp3) is 0.235. The minimum Gasteiger partial charge on any atom is -0.550 e. The summed E-state index contributed by atoms with van der Waals surface area (Å²) < 4.78 is 51.2. The lowest BCUT2D eigenvalue weighted by atomic mass is 10.0. The molecule has 2 aromatic rings. The number of hydrogen-bond acceptors (Lipinski definition) is 6. The molecular formula is C17H17FNO6S-. The van der Waals surface area contributed by atoms with Crippen molar-refractivity contribution in [1.29, 1.82) is 0 Å². The number of ether oxygens (including phenoxy) is 2. The quantitative estimate of drug-likeness (QED) is 0.730. The summed E-state index contributed by atoms with van der Waals surface area (Å²) >= 11 is 0. The molecular weight excluding hydrogens is 365 g/mol. The smallest absolute Gasteiger partial charge is 0.244 e. The number of carboxylic acid groups (broad SMARTS) is 1. The number of methoxy groups -OCH3 is 2. The Labute approximate surface area is 150 Å². The third kappa shape index (κ3) is 4.50. The highest BCUT2D eigenvalue weighted by Crippen LogP contribution is 2.31. The van der Waals surface area contributed by atoms with Crippen molar-refractivity contribution in [2.45, 2.75) is 17.4 Å². The Bertz CT molecular complexity index is 900. The van der Waals surface area contributed by atoms with E-state index in [1.165, 1.54) is 44.6 Å². The van der Waals surface area contributed by atoms with Crippen LogP contribution in [0.5, 0.6) is 11.5 Å². The number of aliphatic carboxylic acids is 1. The summed E-state index contributed by atoms with van der Waals surface area (Å²) in [5, 5.41) is 11.1. The van der Waals surface area contributed by atoms with Crippen molar-refractivity contribution in [3.63, 3.8) is 0 Å². The number of nitrogens with one attached hydrogen (secondary N) is 1. The maximum Gasteiger partial charge on any atom is 0.244 e. The van der Waals surface area contributed by atoms with Gasteiger partial charge in [-0.1, -0.05) is 18.2 Å². The van der Waals surface area contributed by atoms with Gasteiger partial charge < -0.3 is 19.4 Å². The molecule has 0 amide bonds. The second-order valence-electron chi connectivity index (χ2n) is 5.29. The van der Waals surface area contributed by atoms with Crippen molar-refractivity contribution in [3.8, 4) is 11.5 Å². The van der Waals surface area contributed by atoms with Gasteiger partial charge in [0, 0.05) is 12.4 Å². The number of sulfonamides is 1. The van der Waals surface area contributed by atoms with Gasteiger partial charge in [-0.2, -0.15) is 0 Å². The van der Waals surface area contributed by atoms with Crippen LogP contribution in [0, 0.1) is 5.82 Å². The molecule has 0 aliphatic heterocycles. The summed E-state index contributed by atoms with van der Waals surface area (Å²) in [7, 11) is -1.49. The molecule has 0 aliphatic carbocycles. The van der Waals surface area contributed by atoms with E-state index < -0.39 is 39.2 Å². The highest BCUT2D eigenvalue weighted by atomic mass is 32.2. The number of halogens is 1. The van der Waals surface area contributed by atoms with E-state index >= 15 is 0 Å². The van der Waals surface area contributed by atoms with E-state index in [9.17, 15) is 22.7 Å². The van der Waals surface area contributed by atoms with E-state index in [0.29, 0.717) is 17.1 Å². The predicted molar refractivity (Wildman–Crippen MR) is 88.6 cm³/mol. The van der Waals surface area contributed by atoms with E-state index in [2.05, 4.69) is 4.72 Å². The van der Waals surface area contributed by atoms with E-state index in [0.717, 1.165) is 12.1 Å². The van der Waals surface area contributed by atoms with Gasteiger partial charge in [-0.15, -0.1) is 0 Å². The molecule has 140 valence electrons. The fourth-order valence-corrected chi connectivity index (χ4v) is 3.68. The van der Waals surface area contributed by atoms with Crippen LogP contribution in [-0.2, 0) is 14.8 Å². The Kier molecular flexibility index (Phi) is 6.17. The molecule has 9 heteroatoms. The second-order valence-corrected chi connectivity index (χ2v) is 6.98. The zero-order chi connectivity index (χ0) is 19.3. The molecule has 0 aromatic heterocycles. The number of carbonyl (C=O) groups is 1. The second kappa shape index (κ2) is 8.15. The van der Waals surface area contributed by atoms with Gasteiger partial charge in [0.2, 0.25) is 10.0 Å². The first-order valence-electron chi connectivity index (χ1n) is 7.47. The Morgan fingerprint density at radius 1 is 1.15 bits per heavy atom. The van der Waals surface area contributed by atoms with E-state index in [-0.39, 0.29) is 0 Å². The van der Waals surface area contributed by atoms with Gasteiger partial charge in [0.1, 0.15) is 10.7 Å². The van der Waals surface area contributed by atoms with Gasteiger partial charge >= 0.3 is 0 Å². The maximum absolute atomic E-state index is 13.8. The van der Waals surface area contributed by atoms with Crippen molar-refractivity contribution in [3.05, 3.63) is 53.8 Å². The molecule has 2 aromatic carbocycles. The van der Waals surface area contributed by atoms with Crippen molar-refractivity contribution in [2.24, 2.45) is 0 Å². The third-order valence-corrected chi connectivity index (χ3v) is 5.11. The van der Waals surface area contributed by atoms with Crippen LogP contribution < -0.4 is 19.3 Å². The molecule has 1 atom stereocenters. The lowest BCUT2D eigenvalue weighted by Gasteiger charge is -2.21. The van der Waals surface area contributed by atoms with Crippen LogP contribution in [0.1, 0.15) is 18.0 Å². The van der Waals surface area contributed by atoms with Gasteiger partial charge in [-0.25, -0.2) is 17.5 Å². The Morgan fingerprint density at radius 3 is 2.38 bits per heavy atom. The largest absolute Gasteiger partial charge is 0.550 e. The topological polar surface area (TPSA) is 105 Å². The molecule has 0 unspecified atom stereocenters. The summed E-state index contributed by atoms with van der Waals surface area (Å²) in [6.07, 6.45) is -0.650. The Morgan fingerprint density at radius 2 is 1.81 bits per heavy atom. The summed E-state index contributed by atoms with van der Waals surface area (Å²) in [5.74, 6) is -1.74. The average Bonchev–Trinajstić information content (AvgIpc) is 2.60. The van der Waals surface area contributed by atoms with Gasteiger partial charge in [0.15, 0.2) is 11.5 Å². The van der Waals surface area contributed by atoms with Gasteiger partial charge in [-0.05, 0) is 29.8 Å². The number of hydrogen-bond donors (Lipinski definition) is 1. The molecule has 0 saturated heterocycles. The molecule has 0 saturated carbocycles. The SMILES string of the molecule is COc1ccc([C@@H](CC(=O)[O-])NS(=O)(=O)c2ccccc2F)cc1OC. The minimum atomic E-state index is -4.31. The molecule has 1 N–H and O–H groups in total. The van der Waals surface area contributed by atoms with E-state index in [1.807, 2.05) is 0 Å². The normalized spacial score (nSPS) is 12.4. The molecule has 0 fully saturated rings. The van der Waals surface area contributed by atoms with Crippen molar-refractivity contribution in [2.75, 3.05) is 14.2 Å². The Hall–Kier alpha value is -2.65. The van der Waals surface area contributed by atoms with Gasteiger partial charge in [0.05, 0.1) is 20.3 Å². The van der Waals surface area contributed by atoms with Crippen LogP contribution in [0.25, 0.3) is 0 Å². The molecule has 0 spiro atoms. The molecule has 26 heavy (non-hydrogen) atoms. The summed E-state index contributed by atoms with van der Waals surface area (Å²) in [5.41, 5.74) is 0.298. The van der Waals surface area contributed by atoms with Crippen LogP contribution in [-0.4, -0.2) is 28.6 Å². The lowest BCUT2D eigenvalue weighted by molar-refractivity contribution is -0.306. The van der Waals surface area contributed by atoms with Crippen LogP contribution in [0.15, 0.2) is 47.4 Å². The minimum absolute atomic E-state index is 0.290. The fourth-order valence-electron chi connectivity index (χ4n) is 2.38. The van der Waals surface area contributed by atoms with Crippen LogP contribution in [0.4, 0.5) is 4.39 Å². The van der Waals surface area contributed by atoms with Crippen molar-refractivity contribution in [1.82, 2.24) is 4.72 Å². The predicted octanol–water partition coefficient (Wildman–Crippen LogP) is 1.00. The van der Waals surface area contributed by atoms with Crippen molar-refractivity contribution >= 4 is 16.0 Å². The monoisotopic (exact) mass is 382 g/mol. The lowest BCUT2D eigenvalue weighted by Crippen LogP contribution is -2.34. The highest BCUT2D eigenvalue weighted by Gasteiger charge is 2.25.